The summed E-state index contributed by atoms with van der Waals surface area (Å²) in [4.78, 5) is 11.9. The number of rotatable bonds is 3. The van der Waals surface area contributed by atoms with Gasteiger partial charge in [0.05, 0.1) is 17.7 Å². The largest absolute Gasteiger partial charge is 0.399 e. The number of halogens is 1. The van der Waals surface area contributed by atoms with E-state index in [4.69, 9.17) is 11.0 Å². The number of carbonyl (C=O) groups is 1. The topological polar surface area (TPSA) is 78.9 Å². The molecule has 100 valence electrons. The zero-order valence-corrected chi connectivity index (χ0v) is 10.6. The number of amides is 1. The maximum atomic E-state index is 13.4. The third kappa shape index (κ3) is 3.12. The van der Waals surface area contributed by atoms with E-state index in [0.717, 1.165) is 0 Å². The van der Waals surface area contributed by atoms with Crippen molar-refractivity contribution in [2.75, 3.05) is 11.1 Å². The Morgan fingerprint density at radius 2 is 2.05 bits per heavy atom. The first-order valence-corrected chi connectivity index (χ1v) is 5.93. The van der Waals surface area contributed by atoms with Gasteiger partial charge in [-0.05, 0) is 29.8 Å². The first-order valence-electron chi connectivity index (χ1n) is 5.93. The van der Waals surface area contributed by atoms with Crippen LogP contribution in [0, 0.1) is 17.1 Å². The molecule has 2 aromatic rings. The van der Waals surface area contributed by atoms with Crippen molar-refractivity contribution in [3.8, 4) is 6.07 Å². The number of carbonyl (C=O) groups excluding carboxylic acids is 1. The van der Waals surface area contributed by atoms with Crippen molar-refractivity contribution >= 4 is 17.3 Å². The van der Waals surface area contributed by atoms with Crippen molar-refractivity contribution in [1.29, 1.82) is 5.26 Å². The number of benzene rings is 2. The summed E-state index contributed by atoms with van der Waals surface area (Å²) in [6.07, 6.45) is -0.0953. The van der Waals surface area contributed by atoms with Crippen molar-refractivity contribution in [3.63, 3.8) is 0 Å². The molecule has 0 radical (unpaired) electrons. The van der Waals surface area contributed by atoms with Crippen LogP contribution in [0.2, 0.25) is 0 Å². The molecule has 0 aliphatic rings. The SMILES string of the molecule is N#Cc1cc(N)ccc1NC(=O)Cc1ccccc1F. The standard InChI is InChI=1S/C15H12FN3O/c16-13-4-2-1-3-10(13)8-15(20)19-14-6-5-12(18)7-11(14)9-17/h1-7H,8,18H2,(H,19,20). The van der Waals surface area contributed by atoms with E-state index in [2.05, 4.69) is 5.32 Å². The average Bonchev–Trinajstić information content (AvgIpc) is 2.43. The second kappa shape index (κ2) is 5.85. The van der Waals surface area contributed by atoms with E-state index in [1.54, 1.807) is 30.3 Å². The Kier molecular flexibility index (Phi) is 3.96. The Hall–Kier alpha value is -2.87. The van der Waals surface area contributed by atoms with Crippen molar-refractivity contribution in [3.05, 3.63) is 59.4 Å². The molecule has 0 saturated heterocycles. The Morgan fingerprint density at radius 1 is 1.30 bits per heavy atom. The molecule has 0 bridgehead atoms. The molecule has 0 unspecified atom stereocenters. The molecule has 1 amide bonds. The molecule has 0 spiro atoms. The van der Waals surface area contributed by atoms with E-state index < -0.39 is 11.7 Å². The van der Waals surface area contributed by atoms with Crippen molar-refractivity contribution in [2.45, 2.75) is 6.42 Å². The molecule has 5 heteroatoms. The molecule has 0 saturated carbocycles. The molecule has 2 aromatic carbocycles. The highest BCUT2D eigenvalue weighted by Crippen LogP contribution is 2.18. The summed E-state index contributed by atoms with van der Waals surface area (Å²) in [6, 6.07) is 12.6. The fraction of sp³-hybridized carbons (Fsp3) is 0.0667. The monoisotopic (exact) mass is 269 g/mol. The fourth-order valence-electron chi connectivity index (χ4n) is 1.77. The second-order valence-electron chi connectivity index (χ2n) is 4.23. The van der Waals surface area contributed by atoms with Crippen molar-refractivity contribution in [2.24, 2.45) is 0 Å². The fourth-order valence-corrected chi connectivity index (χ4v) is 1.77. The predicted molar refractivity (Wildman–Crippen MR) is 74.3 cm³/mol. The van der Waals surface area contributed by atoms with Crippen molar-refractivity contribution in [1.82, 2.24) is 0 Å². The molecule has 20 heavy (non-hydrogen) atoms. The van der Waals surface area contributed by atoms with Gasteiger partial charge in [-0.2, -0.15) is 5.26 Å². The normalized spacial score (nSPS) is 9.80. The number of nitriles is 1. The molecule has 4 nitrogen and oxygen atoms in total. The van der Waals surface area contributed by atoms with Crippen LogP contribution >= 0.6 is 0 Å². The molecule has 2 rings (SSSR count). The van der Waals surface area contributed by atoms with Crippen LogP contribution in [0.1, 0.15) is 11.1 Å². The summed E-state index contributed by atoms with van der Waals surface area (Å²) >= 11 is 0. The van der Waals surface area contributed by atoms with Gasteiger partial charge < -0.3 is 11.1 Å². The highest BCUT2D eigenvalue weighted by atomic mass is 19.1. The Labute approximate surface area is 115 Å². The molecule has 0 atom stereocenters. The summed E-state index contributed by atoms with van der Waals surface area (Å²) < 4.78 is 13.4. The maximum Gasteiger partial charge on any atom is 0.228 e. The van der Waals surface area contributed by atoms with Crippen LogP contribution in [-0.2, 0) is 11.2 Å². The molecular formula is C15H12FN3O. The van der Waals surface area contributed by atoms with E-state index in [1.807, 2.05) is 6.07 Å². The number of hydrogen-bond acceptors (Lipinski definition) is 3. The van der Waals surface area contributed by atoms with Gasteiger partial charge in [0.15, 0.2) is 0 Å². The summed E-state index contributed by atoms with van der Waals surface area (Å²) in [6.45, 7) is 0. The molecule has 0 heterocycles. The number of anilines is 2. The number of nitrogen functional groups attached to an aromatic ring is 1. The number of nitrogens with one attached hydrogen (secondary N) is 1. The first-order chi connectivity index (χ1) is 9.60. The van der Waals surface area contributed by atoms with Crippen LogP contribution in [0.4, 0.5) is 15.8 Å². The molecule has 0 aliphatic heterocycles. The minimum absolute atomic E-state index is 0.0953. The zero-order valence-electron chi connectivity index (χ0n) is 10.6. The van der Waals surface area contributed by atoms with Gasteiger partial charge in [-0.15, -0.1) is 0 Å². The highest BCUT2D eigenvalue weighted by Gasteiger charge is 2.10. The van der Waals surface area contributed by atoms with E-state index in [-0.39, 0.29) is 12.0 Å². The second-order valence-corrected chi connectivity index (χ2v) is 4.23. The van der Waals surface area contributed by atoms with Crippen molar-refractivity contribution < 1.29 is 9.18 Å². The Morgan fingerprint density at radius 3 is 2.75 bits per heavy atom. The van der Waals surface area contributed by atoms with Gasteiger partial charge in [-0.1, -0.05) is 18.2 Å². The van der Waals surface area contributed by atoms with Gasteiger partial charge >= 0.3 is 0 Å². The van der Waals surface area contributed by atoms with E-state index in [1.165, 1.54) is 12.1 Å². The van der Waals surface area contributed by atoms with Crippen LogP contribution in [0.5, 0.6) is 0 Å². The lowest BCUT2D eigenvalue weighted by atomic mass is 10.1. The highest BCUT2D eigenvalue weighted by molar-refractivity contribution is 5.93. The van der Waals surface area contributed by atoms with Gasteiger partial charge in [-0.25, -0.2) is 4.39 Å². The van der Waals surface area contributed by atoms with Gasteiger partial charge in [0, 0.05) is 5.69 Å². The molecule has 0 aromatic heterocycles. The van der Waals surface area contributed by atoms with E-state index in [9.17, 15) is 9.18 Å². The van der Waals surface area contributed by atoms with Crippen LogP contribution in [0.15, 0.2) is 42.5 Å². The average molecular weight is 269 g/mol. The molecular weight excluding hydrogens is 257 g/mol. The van der Waals surface area contributed by atoms with Gasteiger partial charge in [0.2, 0.25) is 5.91 Å². The van der Waals surface area contributed by atoms with Gasteiger partial charge in [0.25, 0.3) is 0 Å². The minimum atomic E-state index is -0.430. The first kappa shape index (κ1) is 13.6. The lowest BCUT2D eigenvalue weighted by molar-refractivity contribution is -0.115. The number of nitrogens with zero attached hydrogens (tertiary/aromatic N) is 1. The maximum absolute atomic E-state index is 13.4. The number of hydrogen-bond donors (Lipinski definition) is 2. The van der Waals surface area contributed by atoms with Gasteiger partial charge in [0.1, 0.15) is 11.9 Å². The summed E-state index contributed by atoms with van der Waals surface area (Å²) in [5.41, 5.74) is 6.94. The Bertz CT molecular complexity index is 692. The number of nitrogens with two attached hydrogens (primary N) is 1. The third-order valence-electron chi connectivity index (χ3n) is 2.75. The molecule has 0 aliphatic carbocycles. The minimum Gasteiger partial charge on any atom is -0.399 e. The predicted octanol–water partition coefficient (Wildman–Crippen LogP) is 2.46. The lowest BCUT2D eigenvalue weighted by Crippen LogP contribution is -2.16. The van der Waals surface area contributed by atoms with E-state index in [0.29, 0.717) is 16.9 Å². The Balaban J connectivity index is 2.13. The smallest absolute Gasteiger partial charge is 0.228 e. The molecule has 0 fully saturated rings. The third-order valence-corrected chi connectivity index (χ3v) is 2.75. The van der Waals surface area contributed by atoms with Crippen LogP contribution in [0.25, 0.3) is 0 Å². The lowest BCUT2D eigenvalue weighted by Gasteiger charge is -2.08. The zero-order chi connectivity index (χ0) is 14.5. The summed E-state index contributed by atoms with van der Waals surface area (Å²) in [5, 5.41) is 11.6. The summed E-state index contributed by atoms with van der Waals surface area (Å²) in [5.74, 6) is -0.822. The van der Waals surface area contributed by atoms with Crippen LogP contribution in [-0.4, -0.2) is 5.91 Å². The quantitative estimate of drug-likeness (QED) is 0.840. The van der Waals surface area contributed by atoms with Crippen LogP contribution in [0.3, 0.4) is 0 Å². The molecule has 3 N–H and O–H groups in total. The summed E-state index contributed by atoms with van der Waals surface area (Å²) in [7, 11) is 0. The van der Waals surface area contributed by atoms with E-state index >= 15 is 0 Å². The van der Waals surface area contributed by atoms with Crippen LogP contribution < -0.4 is 11.1 Å². The van der Waals surface area contributed by atoms with Gasteiger partial charge in [-0.3, -0.25) is 4.79 Å².